The van der Waals surface area contributed by atoms with Crippen LogP contribution < -0.4 is 10.6 Å². The molecule has 16 heavy (non-hydrogen) atoms. The fraction of sp³-hybridized carbons (Fsp3) is 0. The Morgan fingerprint density at radius 2 is 2.06 bits per heavy atom. The van der Waals surface area contributed by atoms with Crippen molar-refractivity contribution < 1.29 is 4.79 Å². The Morgan fingerprint density at radius 1 is 1.38 bits per heavy atom. The average Bonchev–Trinajstić information content (AvgIpc) is 2.74. The third kappa shape index (κ3) is 1.96. The Balaban J connectivity index is 2.41. The molecule has 82 valence electrons. The first kappa shape index (κ1) is 10.4. The van der Waals surface area contributed by atoms with Gasteiger partial charge in [-0.25, -0.2) is 14.8 Å². The van der Waals surface area contributed by atoms with Crippen LogP contribution in [0, 0.1) is 0 Å². The number of carbonyl (C=O) groups is 1. The summed E-state index contributed by atoms with van der Waals surface area (Å²) < 4.78 is 0. The molecule has 0 unspecified atom stereocenters. The van der Waals surface area contributed by atoms with Crippen LogP contribution in [0.1, 0.15) is 0 Å². The summed E-state index contributed by atoms with van der Waals surface area (Å²) in [7, 11) is 0. The molecule has 0 saturated heterocycles. The van der Waals surface area contributed by atoms with Crippen molar-refractivity contribution in [3.05, 3.63) is 35.6 Å². The Hall–Kier alpha value is -2.08. The predicted molar refractivity (Wildman–Crippen MR) is 59.6 cm³/mol. The lowest BCUT2D eigenvalue weighted by molar-refractivity contribution is 0.256. The van der Waals surface area contributed by atoms with E-state index in [1.54, 1.807) is 24.3 Å². The molecule has 1 heterocycles. The summed E-state index contributed by atoms with van der Waals surface area (Å²) in [5.41, 5.74) is 5.83. The summed E-state index contributed by atoms with van der Waals surface area (Å²) in [6.07, 6.45) is 1.29. The monoisotopic (exact) mass is 237 g/mol. The first-order chi connectivity index (χ1) is 7.68. The molecule has 0 aliphatic carbocycles. The number of anilines is 2. The van der Waals surface area contributed by atoms with Gasteiger partial charge < -0.3 is 5.73 Å². The number of rotatable bonds is 2. The van der Waals surface area contributed by atoms with Crippen LogP contribution in [-0.2, 0) is 0 Å². The molecule has 0 spiro atoms. The van der Waals surface area contributed by atoms with Gasteiger partial charge in [-0.2, -0.15) is 10.1 Å². The van der Waals surface area contributed by atoms with Gasteiger partial charge >= 0.3 is 6.03 Å². The maximum atomic E-state index is 11.3. The maximum absolute atomic E-state index is 11.3. The number of H-pyrrole nitrogens is 1. The van der Waals surface area contributed by atoms with Crippen LogP contribution in [-0.4, -0.2) is 21.2 Å². The van der Waals surface area contributed by atoms with Crippen molar-refractivity contribution in [1.29, 1.82) is 0 Å². The molecule has 0 fully saturated rings. The highest BCUT2D eigenvalue weighted by Crippen LogP contribution is 2.22. The topological polar surface area (TPSA) is 87.9 Å². The number of hydrogen-bond acceptors (Lipinski definition) is 3. The molecule has 1 aromatic heterocycles. The Bertz CT molecular complexity index is 481. The van der Waals surface area contributed by atoms with Crippen LogP contribution in [0.2, 0.25) is 5.02 Å². The highest BCUT2D eigenvalue weighted by atomic mass is 35.5. The van der Waals surface area contributed by atoms with Gasteiger partial charge in [-0.3, -0.25) is 0 Å². The number of hydrogen-bond donors (Lipinski definition) is 2. The van der Waals surface area contributed by atoms with Crippen molar-refractivity contribution in [1.82, 2.24) is 15.2 Å². The van der Waals surface area contributed by atoms with Gasteiger partial charge in [-0.05, 0) is 24.3 Å². The summed E-state index contributed by atoms with van der Waals surface area (Å²) in [5.74, 6) is 0.259. The maximum Gasteiger partial charge on any atom is 0.326 e. The van der Waals surface area contributed by atoms with E-state index in [-0.39, 0.29) is 5.95 Å². The van der Waals surface area contributed by atoms with E-state index in [0.29, 0.717) is 10.7 Å². The van der Waals surface area contributed by atoms with E-state index in [1.165, 1.54) is 11.2 Å². The number of aromatic amines is 1. The zero-order valence-electron chi connectivity index (χ0n) is 8.09. The number of aromatic nitrogens is 3. The predicted octanol–water partition coefficient (Wildman–Crippen LogP) is 1.67. The largest absolute Gasteiger partial charge is 0.351 e. The van der Waals surface area contributed by atoms with Gasteiger partial charge in [-0.1, -0.05) is 11.6 Å². The number of benzene rings is 1. The number of amides is 2. The lowest BCUT2D eigenvalue weighted by atomic mass is 10.3. The number of nitrogens with two attached hydrogens (primary N) is 1. The van der Waals surface area contributed by atoms with Crippen molar-refractivity contribution in [3.63, 3.8) is 0 Å². The highest BCUT2D eigenvalue weighted by Gasteiger charge is 2.17. The third-order valence-corrected chi connectivity index (χ3v) is 2.17. The number of urea groups is 1. The fourth-order valence-electron chi connectivity index (χ4n) is 1.25. The Labute approximate surface area is 96.0 Å². The molecule has 0 atom stereocenters. The molecule has 0 bridgehead atoms. The molecular formula is C9H8ClN5O. The molecule has 2 rings (SSSR count). The summed E-state index contributed by atoms with van der Waals surface area (Å²) in [6.45, 7) is 0. The molecular weight excluding hydrogens is 230 g/mol. The van der Waals surface area contributed by atoms with Gasteiger partial charge in [0.05, 0.1) is 5.69 Å². The number of nitrogens with one attached hydrogen (secondary N) is 1. The molecule has 0 aliphatic rings. The third-order valence-electron chi connectivity index (χ3n) is 1.92. The van der Waals surface area contributed by atoms with Gasteiger partial charge in [0.2, 0.25) is 5.95 Å². The first-order valence-corrected chi connectivity index (χ1v) is 4.77. The Kier molecular flexibility index (Phi) is 2.74. The van der Waals surface area contributed by atoms with Crippen LogP contribution in [0.5, 0.6) is 0 Å². The van der Waals surface area contributed by atoms with E-state index in [2.05, 4.69) is 15.2 Å². The second-order valence-electron chi connectivity index (χ2n) is 2.96. The number of carbonyl (C=O) groups excluding carboxylic acids is 1. The van der Waals surface area contributed by atoms with E-state index in [0.717, 1.165) is 0 Å². The van der Waals surface area contributed by atoms with Crippen molar-refractivity contribution >= 4 is 29.3 Å². The van der Waals surface area contributed by atoms with Crippen molar-refractivity contribution in [2.24, 2.45) is 5.73 Å². The summed E-state index contributed by atoms with van der Waals surface area (Å²) in [6, 6.07) is 5.98. The lowest BCUT2D eigenvalue weighted by Crippen LogP contribution is -2.32. The molecule has 6 nitrogen and oxygen atoms in total. The minimum absolute atomic E-state index is 0.259. The van der Waals surface area contributed by atoms with E-state index >= 15 is 0 Å². The first-order valence-electron chi connectivity index (χ1n) is 4.39. The minimum Gasteiger partial charge on any atom is -0.351 e. The summed E-state index contributed by atoms with van der Waals surface area (Å²) in [4.78, 5) is 16.4. The minimum atomic E-state index is -0.654. The van der Waals surface area contributed by atoms with Crippen LogP contribution in [0.4, 0.5) is 16.4 Å². The van der Waals surface area contributed by atoms with Crippen molar-refractivity contribution in [2.45, 2.75) is 0 Å². The zero-order chi connectivity index (χ0) is 11.5. The van der Waals surface area contributed by atoms with E-state index in [4.69, 9.17) is 17.3 Å². The van der Waals surface area contributed by atoms with Gasteiger partial charge in [0.25, 0.3) is 0 Å². The van der Waals surface area contributed by atoms with Gasteiger partial charge in [0, 0.05) is 5.02 Å². The SMILES string of the molecule is NC(=O)N(c1ccc(Cl)cc1)c1ncn[nH]1. The molecule has 1 aromatic carbocycles. The van der Waals surface area contributed by atoms with Crippen LogP contribution in [0.3, 0.4) is 0 Å². The standard InChI is InChI=1S/C9H8ClN5O/c10-6-1-3-7(4-2-6)15(8(11)16)9-12-5-13-14-9/h1-5H,(H2,11,16)(H,12,13,14). The summed E-state index contributed by atoms with van der Waals surface area (Å²) >= 11 is 5.75. The molecule has 0 radical (unpaired) electrons. The molecule has 0 aliphatic heterocycles. The smallest absolute Gasteiger partial charge is 0.326 e. The van der Waals surface area contributed by atoms with Gasteiger partial charge in [-0.15, -0.1) is 0 Å². The van der Waals surface area contributed by atoms with Gasteiger partial charge in [0.15, 0.2) is 0 Å². The van der Waals surface area contributed by atoms with Crippen LogP contribution >= 0.6 is 11.6 Å². The number of nitrogens with zero attached hydrogens (tertiary/aromatic N) is 3. The molecule has 2 amide bonds. The van der Waals surface area contributed by atoms with E-state index < -0.39 is 6.03 Å². The number of primary amides is 1. The van der Waals surface area contributed by atoms with Crippen LogP contribution in [0.25, 0.3) is 0 Å². The highest BCUT2D eigenvalue weighted by molar-refractivity contribution is 6.30. The summed E-state index contributed by atoms with van der Waals surface area (Å²) in [5, 5.41) is 6.79. The Morgan fingerprint density at radius 3 is 2.56 bits per heavy atom. The molecule has 0 saturated carbocycles. The van der Waals surface area contributed by atoms with E-state index in [9.17, 15) is 4.79 Å². The van der Waals surface area contributed by atoms with Crippen molar-refractivity contribution in [3.8, 4) is 0 Å². The lowest BCUT2D eigenvalue weighted by Gasteiger charge is -2.16. The normalized spacial score (nSPS) is 10.1. The average molecular weight is 238 g/mol. The second-order valence-corrected chi connectivity index (χ2v) is 3.40. The fourth-order valence-corrected chi connectivity index (χ4v) is 1.38. The van der Waals surface area contributed by atoms with Crippen molar-refractivity contribution in [2.75, 3.05) is 4.90 Å². The molecule has 3 N–H and O–H groups in total. The van der Waals surface area contributed by atoms with Crippen LogP contribution in [0.15, 0.2) is 30.6 Å². The van der Waals surface area contributed by atoms with E-state index in [1.807, 2.05) is 0 Å². The van der Waals surface area contributed by atoms with Gasteiger partial charge in [0.1, 0.15) is 6.33 Å². The quantitative estimate of drug-likeness (QED) is 0.833. The molecule has 7 heteroatoms. The zero-order valence-corrected chi connectivity index (χ0v) is 8.85. The second kappa shape index (κ2) is 4.19. The molecule has 2 aromatic rings. The number of halogens is 1.